The molecule has 0 radical (unpaired) electrons. The maximum Gasteiger partial charge on any atom is 0.253 e. The number of likely N-dealkylation sites (N-methyl/N-ethyl adjacent to an activating group) is 1. The van der Waals surface area contributed by atoms with Gasteiger partial charge in [0.1, 0.15) is 11.6 Å². The standard InChI is InChI=1S/C27H34ClN3O5/c1-6-13-29(5)23(33)19-20-24(34)31(15-16-32)22(27(20)12-11-26(19,4)36-27)25(35)30(14-7-2)21-17(3)9-8-10-18(21)28/h6-10,19-20,22,32H,1-2,11-16H2,3-5H3/t19-,20-,22?,26+,27?/m0/s1. The number of hydrogen-bond donors (Lipinski definition) is 1. The van der Waals surface area contributed by atoms with E-state index in [1.165, 1.54) is 14.7 Å². The topological polar surface area (TPSA) is 90.4 Å². The summed E-state index contributed by atoms with van der Waals surface area (Å²) in [6.07, 6.45) is 4.23. The molecule has 1 aromatic rings. The zero-order valence-electron chi connectivity index (χ0n) is 21.1. The fraction of sp³-hybridized carbons (Fsp3) is 0.519. The Bertz CT molecular complexity index is 1090. The highest BCUT2D eigenvalue weighted by Crippen LogP contribution is 2.63. The van der Waals surface area contributed by atoms with E-state index in [0.29, 0.717) is 30.1 Å². The number of carbonyl (C=O) groups excluding carboxylic acids is 3. The van der Waals surface area contributed by atoms with Gasteiger partial charge in [0.15, 0.2) is 0 Å². The van der Waals surface area contributed by atoms with Gasteiger partial charge in [-0.25, -0.2) is 0 Å². The summed E-state index contributed by atoms with van der Waals surface area (Å²) in [5.41, 5.74) is -0.715. The third-order valence-corrected chi connectivity index (χ3v) is 8.24. The molecule has 2 bridgehead atoms. The van der Waals surface area contributed by atoms with Gasteiger partial charge in [-0.3, -0.25) is 14.4 Å². The molecule has 3 heterocycles. The average molecular weight is 516 g/mol. The second-order valence-electron chi connectivity index (χ2n) is 10.1. The van der Waals surface area contributed by atoms with E-state index in [1.54, 1.807) is 25.3 Å². The van der Waals surface area contributed by atoms with Crippen LogP contribution in [0, 0.1) is 18.8 Å². The average Bonchev–Trinajstić information content (AvgIpc) is 3.39. The van der Waals surface area contributed by atoms with Gasteiger partial charge in [0.25, 0.3) is 5.91 Å². The van der Waals surface area contributed by atoms with E-state index in [2.05, 4.69) is 13.2 Å². The number of rotatable bonds is 9. The first-order valence-electron chi connectivity index (χ1n) is 12.2. The van der Waals surface area contributed by atoms with Gasteiger partial charge < -0.3 is 24.5 Å². The molecule has 3 amide bonds. The number of anilines is 1. The maximum atomic E-state index is 14.4. The van der Waals surface area contributed by atoms with Crippen LogP contribution in [0.25, 0.3) is 0 Å². The van der Waals surface area contributed by atoms with Gasteiger partial charge in [-0.2, -0.15) is 0 Å². The molecule has 4 rings (SSSR count). The van der Waals surface area contributed by atoms with E-state index in [4.69, 9.17) is 16.3 Å². The number of nitrogens with zero attached hydrogens (tertiary/aromatic N) is 3. The van der Waals surface area contributed by atoms with Crippen LogP contribution in [0.4, 0.5) is 5.69 Å². The summed E-state index contributed by atoms with van der Waals surface area (Å²) in [6.45, 7) is 11.4. The molecule has 0 saturated carbocycles. The molecule has 3 saturated heterocycles. The quantitative estimate of drug-likeness (QED) is 0.510. The van der Waals surface area contributed by atoms with E-state index < -0.39 is 29.1 Å². The molecule has 194 valence electrons. The summed E-state index contributed by atoms with van der Waals surface area (Å²) in [5.74, 6) is -2.48. The molecule has 3 aliphatic rings. The largest absolute Gasteiger partial charge is 0.395 e. The number of amides is 3. The van der Waals surface area contributed by atoms with Crippen LogP contribution in [0.2, 0.25) is 5.02 Å². The molecule has 1 spiro atoms. The van der Waals surface area contributed by atoms with Gasteiger partial charge in [0.2, 0.25) is 11.8 Å². The lowest BCUT2D eigenvalue weighted by Gasteiger charge is -2.37. The monoisotopic (exact) mass is 515 g/mol. The highest BCUT2D eigenvalue weighted by molar-refractivity contribution is 6.34. The van der Waals surface area contributed by atoms with Crippen molar-refractivity contribution in [3.8, 4) is 0 Å². The molecule has 1 N–H and O–H groups in total. The number of halogens is 1. The number of likely N-dealkylation sites (tertiary alicyclic amines) is 1. The lowest BCUT2D eigenvalue weighted by Crippen LogP contribution is -2.57. The number of carbonyl (C=O) groups is 3. The lowest BCUT2D eigenvalue weighted by atomic mass is 9.66. The summed E-state index contributed by atoms with van der Waals surface area (Å²) in [7, 11) is 1.67. The number of para-hydroxylation sites is 1. The third kappa shape index (κ3) is 3.78. The molecule has 8 nitrogen and oxygen atoms in total. The van der Waals surface area contributed by atoms with Crippen molar-refractivity contribution in [1.29, 1.82) is 0 Å². The minimum Gasteiger partial charge on any atom is -0.395 e. The number of benzene rings is 1. The predicted octanol–water partition coefficient (Wildman–Crippen LogP) is 2.57. The van der Waals surface area contributed by atoms with E-state index >= 15 is 0 Å². The van der Waals surface area contributed by atoms with Crippen LogP contribution >= 0.6 is 11.6 Å². The van der Waals surface area contributed by atoms with Crippen molar-refractivity contribution in [2.45, 2.75) is 43.9 Å². The second-order valence-corrected chi connectivity index (χ2v) is 10.5. The van der Waals surface area contributed by atoms with Crippen molar-refractivity contribution in [2.24, 2.45) is 11.8 Å². The van der Waals surface area contributed by atoms with Gasteiger partial charge in [-0.1, -0.05) is 35.9 Å². The number of β-amino-alcohol motifs (C(OH)–C–C–N with tert-alkyl or cyclic N) is 1. The molecular formula is C27H34ClN3O5. The van der Waals surface area contributed by atoms with Crippen molar-refractivity contribution in [2.75, 3.05) is 38.2 Å². The molecular weight excluding hydrogens is 482 g/mol. The number of aryl methyl sites for hydroxylation is 1. The van der Waals surface area contributed by atoms with Crippen molar-refractivity contribution in [3.05, 3.63) is 54.1 Å². The smallest absolute Gasteiger partial charge is 0.253 e. The van der Waals surface area contributed by atoms with Crippen LogP contribution < -0.4 is 4.90 Å². The zero-order valence-corrected chi connectivity index (χ0v) is 21.8. The Kier molecular flexibility index (Phi) is 7.07. The molecule has 0 aliphatic carbocycles. The van der Waals surface area contributed by atoms with Crippen LogP contribution in [-0.2, 0) is 19.1 Å². The normalized spacial score (nSPS) is 30.3. The zero-order chi connectivity index (χ0) is 26.4. The number of fused-ring (bicyclic) bond motifs is 1. The van der Waals surface area contributed by atoms with Crippen molar-refractivity contribution < 1.29 is 24.2 Å². The summed E-state index contributed by atoms with van der Waals surface area (Å²) < 4.78 is 6.62. The third-order valence-electron chi connectivity index (χ3n) is 7.93. The highest BCUT2D eigenvalue weighted by Gasteiger charge is 2.78. The maximum absolute atomic E-state index is 14.4. The van der Waals surface area contributed by atoms with E-state index in [0.717, 1.165) is 5.56 Å². The van der Waals surface area contributed by atoms with Crippen molar-refractivity contribution in [1.82, 2.24) is 9.80 Å². The Hall–Kier alpha value is -2.68. The fourth-order valence-corrected chi connectivity index (χ4v) is 6.81. The van der Waals surface area contributed by atoms with Gasteiger partial charge in [0.05, 0.1) is 34.8 Å². The molecule has 9 heteroatoms. The van der Waals surface area contributed by atoms with Crippen LogP contribution in [0.3, 0.4) is 0 Å². The van der Waals surface area contributed by atoms with Gasteiger partial charge in [-0.15, -0.1) is 13.2 Å². The number of aliphatic hydroxyl groups is 1. The first kappa shape index (κ1) is 26.4. The Labute approximate surface area is 217 Å². The van der Waals surface area contributed by atoms with Crippen LogP contribution in [0.5, 0.6) is 0 Å². The summed E-state index contributed by atoms with van der Waals surface area (Å²) in [4.78, 5) is 46.3. The summed E-state index contributed by atoms with van der Waals surface area (Å²) >= 11 is 6.54. The highest BCUT2D eigenvalue weighted by atomic mass is 35.5. The summed E-state index contributed by atoms with van der Waals surface area (Å²) in [5, 5.41) is 10.2. The van der Waals surface area contributed by atoms with E-state index in [-0.39, 0.29) is 37.4 Å². The number of hydrogen-bond acceptors (Lipinski definition) is 5. The van der Waals surface area contributed by atoms with Crippen LogP contribution in [0.15, 0.2) is 43.5 Å². The molecule has 0 aromatic heterocycles. The first-order chi connectivity index (χ1) is 17.1. The molecule has 5 atom stereocenters. The van der Waals surface area contributed by atoms with E-state index in [9.17, 15) is 19.5 Å². The Morgan fingerprint density at radius 2 is 1.94 bits per heavy atom. The lowest BCUT2D eigenvalue weighted by molar-refractivity contribution is -0.149. The van der Waals surface area contributed by atoms with Gasteiger partial charge in [-0.05, 0) is 38.3 Å². The fourth-order valence-electron chi connectivity index (χ4n) is 6.48. The van der Waals surface area contributed by atoms with Gasteiger partial charge in [0, 0.05) is 26.7 Å². The molecule has 2 unspecified atom stereocenters. The number of aliphatic hydroxyl groups excluding tert-OH is 1. The first-order valence-corrected chi connectivity index (χ1v) is 12.6. The van der Waals surface area contributed by atoms with Crippen LogP contribution in [0.1, 0.15) is 25.3 Å². The molecule has 1 aromatic carbocycles. The SMILES string of the molecule is C=CCN(C)C(=O)[C@@H]1[C@H]2C(=O)N(CCO)C(C(=O)N(CC=C)c3c(C)cccc3Cl)C23CC[C@@]1(C)O3. The molecule has 36 heavy (non-hydrogen) atoms. The van der Waals surface area contributed by atoms with Crippen molar-refractivity contribution >= 4 is 35.0 Å². The van der Waals surface area contributed by atoms with Crippen molar-refractivity contribution in [3.63, 3.8) is 0 Å². The van der Waals surface area contributed by atoms with E-state index in [1.807, 2.05) is 26.0 Å². The predicted molar refractivity (Wildman–Crippen MR) is 138 cm³/mol. The minimum atomic E-state index is -1.18. The van der Waals surface area contributed by atoms with Gasteiger partial charge >= 0.3 is 0 Å². The Balaban J connectivity index is 1.82. The summed E-state index contributed by atoms with van der Waals surface area (Å²) in [6, 6.07) is 4.37. The molecule has 3 aliphatic heterocycles. The Morgan fingerprint density at radius 1 is 1.25 bits per heavy atom. The molecule has 3 fully saturated rings. The van der Waals surface area contributed by atoms with Crippen LogP contribution in [-0.4, -0.2) is 83.2 Å². The second kappa shape index (κ2) is 9.65. The minimum absolute atomic E-state index is 0.0413. The number of ether oxygens (including phenoxy) is 1. The Morgan fingerprint density at radius 3 is 2.56 bits per heavy atom.